The molecule has 0 fully saturated rings. The summed E-state index contributed by atoms with van der Waals surface area (Å²) < 4.78 is 5.52. The van der Waals surface area contributed by atoms with Gasteiger partial charge in [0.05, 0.1) is 22.3 Å². The molecule has 0 bridgehead atoms. The van der Waals surface area contributed by atoms with Crippen LogP contribution in [-0.4, -0.2) is 28.8 Å². The number of carbonyl (C=O) groups is 4. The van der Waals surface area contributed by atoms with Crippen LogP contribution in [0.25, 0.3) is 0 Å². The summed E-state index contributed by atoms with van der Waals surface area (Å²) in [5, 5.41) is 0.466. The van der Waals surface area contributed by atoms with E-state index in [0.29, 0.717) is 22.6 Å². The third-order valence-corrected chi connectivity index (χ3v) is 5.32. The van der Waals surface area contributed by atoms with E-state index in [1.54, 1.807) is 12.1 Å². The molecule has 0 spiro atoms. The van der Waals surface area contributed by atoms with E-state index < -0.39 is 29.9 Å². The molecule has 0 N–H and O–H groups in total. The molecule has 2 heterocycles. The maximum Gasteiger partial charge on any atom is 0.363 e. The van der Waals surface area contributed by atoms with Crippen LogP contribution in [0, 0.1) is 0 Å². The van der Waals surface area contributed by atoms with Gasteiger partial charge in [-0.2, -0.15) is 0 Å². The number of carbonyl (C=O) groups excluding carboxylic acids is 4. The minimum absolute atomic E-state index is 0.122. The van der Waals surface area contributed by atoms with Crippen molar-refractivity contribution in [1.82, 2.24) is 5.06 Å². The predicted octanol–water partition coefficient (Wildman–Crippen LogP) is 3.51. The van der Waals surface area contributed by atoms with Gasteiger partial charge in [0.15, 0.2) is 0 Å². The van der Waals surface area contributed by atoms with Crippen molar-refractivity contribution in [2.45, 2.75) is 12.5 Å². The molecule has 0 aromatic heterocycles. The summed E-state index contributed by atoms with van der Waals surface area (Å²) in [6.45, 7) is 0. The first-order valence-corrected chi connectivity index (χ1v) is 9.62. The van der Waals surface area contributed by atoms with Crippen LogP contribution in [0.1, 0.15) is 58.7 Å². The molecule has 1 unspecified atom stereocenters. The Morgan fingerprint density at radius 2 is 1.48 bits per heavy atom. The molecule has 1 atom stereocenters. The number of imide groups is 1. The monoisotopic (exact) mass is 413 g/mol. The van der Waals surface area contributed by atoms with Gasteiger partial charge < -0.3 is 9.57 Å². The second-order valence-corrected chi connectivity index (χ2v) is 7.21. The van der Waals surface area contributed by atoms with E-state index in [2.05, 4.69) is 0 Å². The molecular weight excluding hydrogens is 398 g/mol. The lowest BCUT2D eigenvalue weighted by Crippen LogP contribution is -2.32. The minimum atomic E-state index is -0.868. The number of hydroxylamine groups is 2. The number of amides is 2. The van der Waals surface area contributed by atoms with Gasteiger partial charge in [0, 0.05) is 6.42 Å². The molecule has 5 rings (SSSR count). The molecule has 7 heteroatoms. The van der Waals surface area contributed by atoms with Gasteiger partial charge in [0.25, 0.3) is 11.8 Å². The normalized spacial score (nSPS) is 17.1. The van der Waals surface area contributed by atoms with E-state index in [4.69, 9.17) is 9.57 Å². The van der Waals surface area contributed by atoms with Gasteiger partial charge in [-0.3, -0.25) is 9.59 Å². The molecule has 2 aliphatic rings. The molecule has 2 amide bonds. The Balaban J connectivity index is 1.39. The first kappa shape index (κ1) is 18.7. The Kier molecular flexibility index (Phi) is 4.36. The molecular formula is C24H15NO6. The zero-order chi connectivity index (χ0) is 21.5. The Bertz CT molecular complexity index is 1210. The van der Waals surface area contributed by atoms with Gasteiger partial charge in [-0.25, -0.2) is 9.59 Å². The highest BCUT2D eigenvalue weighted by Gasteiger charge is 2.39. The molecule has 152 valence electrons. The van der Waals surface area contributed by atoms with Crippen molar-refractivity contribution >= 4 is 23.8 Å². The average Bonchev–Trinajstić information content (AvgIpc) is 3.04. The number of cyclic esters (lactones) is 1. The van der Waals surface area contributed by atoms with E-state index >= 15 is 0 Å². The van der Waals surface area contributed by atoms with Crippen LogP contribution in [0.4, 0.5) is 0 Å². The maximum atomic E-state index is 12.7. The topological polar surface area (TPSA) is 90.0 Å². The molecule has 0 aliphatic carbocycles. The molecule has 2 aliphatic heterocycles. The van der Waals surface area contributed by atoms with E-state index in [9.17, 15) is 19.2 Å². The zero-order valence-corrected chi connectivity index (χ0v) is 16.1. The fourth-order valence-corrected chi connectivity index (χ4v) is 3.76. The highest BCUT2D eigenvalue weighted by Crippen LogP contribution is 2.31. The van der Waals surface area contributed by atoms with Gasteiger partial charge in [0.1, 0.15) is 6.10 Å². The molecule has 0 saturated heterocycles. The number of nitrogens with zero attached hydrogens (tertiary/aromatic N) is 1. The standard InChI is InChI=1S/C24H15NO6/c26-21-18-8-4-5-9-19(18)22(27)25(21)31-23(28)15-10-11-17-16(12-15)13-20(30-24(17)29)14-6-2-1-3-7-14/h1-12,20H,13H2. The van der Waals surface area contributed by atoms with Crippen molar-refractivity contribution in [3.05, 3.63) is 106 Å². The van der Waals surface area contributed by atoms with Gasteiger partial charge in [-0.1, -0.05) is 47.5 Å². The molecule has 3 aromatic carbocycles. The zero-order valence-electron chi connectivity index (χ0n) is 16.1. The predicted molar refractivity (Wildman–Crippen MR) is 107 cm³/mol. The third kappa shape index (κ3) is 3.16. The van der Waals surface area contributed by atoms with E-state index in [0.717, 1.165) is 5.56 Å². The quantitative estimate of drug-likeness (QED) is 0.482. The molecule has 3 aromatic rings. The first-order valence-electron chi connectivity index (χ1n) is 9.62. The third-order valence-electron chi connectivity index (χ3n) is 5.32. The number of hydrogen-bond donors (Lipinski definition) is 0. The Labute approximate surface area is 176 Å². The Morgan fingerprint density at radius 3 is 2.16 bits per heavy atom. The summed E-state index contributed by atoms with van der Waals surface area (Å²) in [5.74, 6) is -2.73. The lowest BCUT2D eigenvalue weighted by atomic mass is 9.93. The maximum absolute atomic E-state index is 12.7. The number of fused-ring (bicyclic) bond motifs is 2. The Morgan fingerprint density at radius 1 is 0.839 bits per heavy atom. The highest BCUT2D eigenvalue weighted by molar-refractivity contribution is 6.21. The number of benzene rings is 3. The van der Waals surface area contributed by atoms with Crippen molar-refractivity contribution in [3.8, 4) is 0 Å². The van der Waals surface area contributed by atoms with Gasteiger partial charge >= 0.3 is 11.9 Å². The second-order valence-electron chi connectivity index (χ2n) is 7.21. The first-order chi connectivity index (χ1) is 15.0. The average molecular weight is 413 g/mol. The van der Waals surface area contributed by atoms with E-state index in [1.807, 2.05) is 30.3 Å². The summed E-state index contributed by atoms with van der Waals surface area (Å²) >= 11 is 0. The number of esters is 1. The largest absolute Gasteiger partial charge is 0.454 e. The number of rotatable bonds is 3. The molecule has 0 radical (unpaired) electrons. The number of hydrogen-bond acceptors (Lipinski definition) is 6. The van der Waals surface area contributed by atoms with Crippen LogP contribution >= 0.6 is 0 Å². The fraction of sp³-hybridized carbons (Fsp3) is 0.0833. The molecule has 31 heavy (non-hydrogen) atoms. The molecule has 0 saturated carbocycles. The smallest absolute Gasteiger partial charge is 0.363 e. The van der Waals surface area contributed by atoms with Crippen LogP contribution in [0.2, 0.25) is 0 Å². The van der Waals surface area contributed by atoms with Crippen molar-refractivity contribution in [1.29, 1.82) is 0 Å². The van der Waals surface area contributed by atoms with Gasteiger partial charge in [-0.15, -0.1) is 0 Å². The van der Waals surface area contributed by atoms with Crippen LogP contribution < -0.4 is 0 Å². The van der Waals surface area contributed by atoms with E-state index in [1.165, 1.54) is 30.3 Å². The van der Waals surface area contributed by atoms with Crippen molar-refractivity contribution in [2.75, 3.05) is 0 Å². The summed E-state index contributed by atoms with van der Waals surface area (Å²) in [5.41, 5.74) is 2.32. The summed E-state index contributed by atoms with van der Waals surface area (Å²) in [7, 11) is 0. The highest BCUT2D eigenvalue weighted by atomic mass is 16.7. The number of ether oxygens (including phenoxy) is 1. The lowest BCUT2D eigenvalue weighted by molar-refractivity contribution is -0.0584. The van der Waals surface area contributed by atoms with Gasteiger partial charge in [0.2, 0.25) is 0 Å². The van der Waals surface area contributed by atoms with Crippen LogP contribution in [0.15, 0.2) is 72.8 Å². The summed E-state index contributed by atoms with van der Waals surface area (Å²) in [6.07, 6.45) is -0.0807. The van der Waals surface area contributed by atoms with Crippen LogP contribution in [0.5, 0.6) is 0 Å². The SMILES string of the molecule is O=C(ON1C(=O)c2ccccc2C1=O)c1ccc2c(c1)CC(c1ccccc1)OC2=O. The second kappa shape index (κ2) is 7.21. The Hall–Kier alpha value is -4.26. The summed E-state index contributed by atoms with van der Waals surface area (Å²) in [6, 6.07) is 20.0. The van der Waals surface area contributed by atoms with Crippen molar-refractivity contribution < 1.29 is 28.8 Å². The molecule has 7 nitrogen and oxygen atoms in total. The fourth-order valence-electron chi connectivity index (χ4n) is 3.76. The van der Waals surface area contributed by atoms with Crippen molar-refractivity contribution in [3.63, 3.8) is 0 Å². The van der Waals surface area contributed by atoms with Crippen LogP contribution in [0.3, 0.4) is 0 Å². The van der Waals surface area contributed by atoms with Crippen LogP contribution in [-0.2, 0) is 16.0 Å². The minimum Gasteiger partial charge on any atom is -0.454 e. The lowest BCUT2D eigenvalue weighted by Gasteiger charge is -2.25. The van der Waals surface area contributed by atoms with Crippen molar-refractivity contribution in [2.24, 2.45) is 0 Å². The van der Waals surface area contributed by atoms with E-state index in [-0.39, 0.29) is 16.7 Å². The summed E-state index contributed by atoms with van der Waals surface area (Å²) in [4.78, 5) is 55.0. The van der Waals surface area contributed by atoms with Gasteiger partial charge in [-0.05, 0) is 41.5 Å².